The third-order valence-corrected chi connectivity index (χ3v) is 4.29. The van der Waals surface area contributed by atoms with Crippen LogP contribution in [0.2, 0.25) is 0 Å². The van der Waals surface area contributed by atoms with Crippen LogP contribution in [0.25, 0.3) is 0 Å². The molecule has 0 atom stereocenters. The van der Waals surface area contributed by atoms with Crippen LogP contribution in [0, 0.1) is 0 Å². The summed E-state index contributed by atoms with van der Waals surface area (Å²) < 4.78 is 5.73. The molecule has 0 saturated heterocycles. The predicted octanol–water partition coefficient (Wildman–Crippen LogP) is 2.53. The summed E-state index contributed by atoms with van der Waals surface area (Å²) in [6.45, 7) is 2.50. The lowest BCUT2D eigenvalue weighted by molar-refractivity contribution is 0.251. The van der Waals surface area contributed by atoms with Crippen LogP contribution in [0.1, 0.15) is 11.3 Å². The van der Waals surface area contributed by atoms with Crippen LogP contribution in [0.4, 0.5) is 16.2 Å². The van der Waals surface area contributed by atoms with Crippen molar-refractivity contribution in [3.05, 3.63) is 66.5 Å². The van der Waals surface area contributed by atoms with Gasteiger partial charge in [-0.15, -0.1) is 0 Å². The number of benzene rings is 1. The SMILES string of the molecule is O=C(NCc1ccncc1)Nc1ccc2c(c1)N(Cc1c[nH]cn1)CCO2. The van der Waals surface area contributed by atoms with E-state index >= 15 is 0 Å². The molecule has 27 heavy (non-hydrogen) atoms. The number of nitrogens with one attached hydrogen (secondary N) is 3. The lowest BCUT2D eigenvalue weighted by Gasteiger charge is -2.31. The molecule has 3 heterocycles. The largest absolute Gasteiger partial charge is 0.490 e. The number of hydrogen-bond donors (Lipinski definition) is 3. The van der Waals surface area contributed by atoms with Gasteiger partial charge in [0.05, 0.1) is 30.8 Å². The van der Waals surface area contributed by atoms with Gasteiger partial charge in [0.2, 0.25) is 0 Å². The molecule has 0 saturated carbocycles. The Morgan fingerprint density at radius 1 is 1.26 bits per heavy atom. The summed E-state index contributed by atoms with van der Waals surface area (Å²) in [7, 11) is 0. The van der Waals surface area contributed by atoms with Crippen molar-refractivity contribution in [2.75, 3.05) is 23.4 Å². The van der Waals surface area contributed by atoms with Crippen LogP contribution in [0.5, 0.6) is 5.75 Å². The first kappa shape index (κ1) is 16.9. The lowest BCUT2D eigenvalue weighted by Crippen LogP contribution is -2.32. The van der Waals surface area contributed by atoms with E-state index in [4.69, 9.17) is 4.74 Å². The van der Waals surface area contributed by atoms with Crippen LogP contribution in [0.15, 0.2) is 55.2 Å². The van der Waals surface area contributed by atoms with Gasteiger partial charge in [0.15, 0.2) is 0 Å². The monoisotopic (exact) mass is 364 g/mol. The number of ether oxygens (including phenoxy) is 1. The molecule has 8 nitrogen and oxygen atoms in total. The fraction of sp³-hybridized carbons (Fsp3) is 0.211. The summed E-state index contributed by atoms with van der Waals surface area (Å²) in [5, 5.41) is 5.71. The van der Waals surface area contributed by atoms with Gasteiger partial charge in [-0.25, -0.2) is 9.78 Å². The molecule has 3 N–H and O–H groups in total. The Hall–Kier alpha value is -3.55. The molecule has 2 amide bonds. The van der Waals surface area contributed by atoms with Gasteiger partial charge in [0.25, 0.3) is 0 Å². The molecule has 138 valence electrons. The number of anilines is 2. The third kappa shape index (κ3) is 4.17. The number of amides is 2. The van der Waals surface area contributed by atoms with Crippen molar-refractivity contribution in [2.45, 2.75) is 13.1 Å². The molecule has 0 radical (unpaired) electrons. The Morgan fingerprint density at radius 2 is 2.15 bits per heavy atom. The molecule has 4 rings (SSSR count). The maximum Gasteiger partial charge on any atom is 0.319 e. The number of aromatic amines is 1. The van der Waals surface area contributed by atoms with E-state index in [9.17, 15) is 4.79 Å². The number of urea groups is 1. The van der Waals surface area contributed by atoms with Crippen molar-refractivity contribution in [1.82, 2.24) is 20.3 Å². The highest BCUT2D eigenvalue weighted by atomic mass is 16.5. The molecule has 0 fully saturated rings. The average Bonchev–Trinajstić information content (AvgIpc) is 3.21. The molecule has 8 heteroatoms. The standard InChI is InChI=1S/C19H20N6O2/c26-19(22-10-14-3-5-20-6-4-14)24-15-1-2-18-17(9-15)25(7-8-27-18)12-16-11-21-13-23-16/h1-6,9,11,13H,7-8,10,12H2,(H,21,23)(H2,22,24,26). The molecule has 1 aliphatic rings. The molecule has 0 bridgehead atoms. The van der Waals surface area contributed by atoms with Crippen LogP contribution in [-0.4, -0.2) is 34.1 Å². The first-order chi connectivity index (χ1) is 13.3. The van der Waals surface area contributed by atoms with Gasteiger partial charge in [-0.3, -0.25) is 4.98 Å². The zero-order valence-corrected chi connectivity index (χ0v) is 14.7. The first-order valence-corrected chi connectivity index (χ1v) is 8.71. The second kappa shape index (κ2) is 7.77. The van der Waals surface area contributed by atoms with E-state index < -0.39 is 0 Å². The number of H-pyrrole nitrogens is 1. The van der Waals surface area contributed by atoms with Gasteiger partial charge < -0.3 is 25.3 Å². The van der Waals surface area contributed by atoms with E-state index in [1.165, 1.54) is 0 Å². The summed E-state index contributed by atoms with van der Waals surface area (Å²) in [5.41, 5.74) is 3.59. The Morgan fingerprint density at radius 3 is 2.96 bits per heavy atom. The number of carbonyl (C=O) groups is 1. The van der Waals surface area contributed by atoms with Gasteiger partial charge in [0.1, 0.15) is 12.4 Å². The Labute approximate surface area is 156 Å². The average molecular weight is 364 g/mol. The Bertz CT molecular complexity index is 898. The van der Waals surface area contributed by atoms with Crippen LogP contribution >= 0.6 is 0 Å². The van der Waals surface area contributed by atoms with E-state index in [-0.39, 0.29) is 6.03 Å². The molecule has 2 aromatic heterocycles. The van der Waals surface area contributed by atoms with Crippen molar-refractivity contribution in [3.8, 4) is 5.75 Å². The van der Waals surface area contributed by atoms with Crippen molar-refractivity contribution in [1.29, 1.82) is 0 Å². The minimum atomic E-state index is -0.262. The minimum Gasteiger partial charge on any atom is -0.490 e. The van der Waals surface area contributed by atoms with Crippen molar-refractivity contribution in [2.24, 2.45) is 0 Å². The van der Waals surface area contributed by atoms with Crippen molar-refractivity contribution >= 4 is 17.4 Å². The maximum atomic E-state index is 12.2. The quantitative estimate of drug-likeness (QED) is 0.647. The number of rotatable bonds is 5. The van der Waals surface area contributed by atoms with E-state index in [0.717, 1.165) is 29.2 Å². The molecule has 0 spiro atoms. The van der Waals surface area contributed by atoms with Crippen LogP contribution in [-0.2, 0) is 13.1 Å². The van der Waals surface area contributed by atoms with E-state index in [1.54, 1.807) is 18.7 Å². The van der Waals surface area contributed by atoms with Gasteiger partial charge in [-0.1, -0.05) is 0 Å². The number of pyridine rings is 1. The fourth-order valence-corrected chi connectivity index (χ4v) is 2.95. The number of imidazole rings is 1. The summed E-state index contributed by atoms with van der Waals surface area (Å²) in [5.74, 6) is 0.805. The molecule has 0 aliphatic carbocycles. The zero-order chi connectivity index (χ0) is 18.5. The lowest BCUT2D eigenvalue weighted by atomic mass is 10.2. The summed E-state index contributed by atoms with van der Waals surface area (Å²) in [6, 6.07) is 9.11. The third-order valence-electron chi connectivity index (χ3n) is 4.29. The summed E-state index contributed by atoms with van der Waals surface area (Å²) in [4.78, 5) is 25.6. The number of nitrogens with zero attached hydrogens (tertiary/aromatic N) is 3. The van der Waals surface area contributed by atoms with E-state index in [1.807, 2.05) is 36.5 Å². The van der Waals surface area contributed by atoms with Crippen LogP contribution in [0.3, 0.4) is 0 Å². The number of fused-ring (bicyclic) bond motifs is 1. The van der Waals surface area contributed by atoms with Gasteiger partial charge in [-0.2, -0.15) is 0 Å². The Kier molecular flexibility index (Phi) is 4.86. The van der Waals surface area contributed by atoms with Gasteiger partial charge >= 0.3 is 6.03 Å². The van der Waals surface area contributed by atoms with E-state index in [0.29, 0.717) is 25.4 Å². The zero-order valence-electron chi connectivity index (χ0n) is 14.7. The predicted molar refractivity (Wildman–Crippen MR) is 102 cm³/mol. The normalized spacial score (nSPS) is 12.8. The molecular weight excluding hydrogens is 344 g/mol. The molecule has 3 aromatic rings. The smallest absolute Gasteiger partial charge is 0.319 e. The molecule has 1 aromatic carbocycles. The second-order valence-corrected chi connectivity index (χ2v) is 6.18. The summed E-state index contributed by atoms with van der Waals surface area (Å²) >= 11 is 0. The maximum absolute atomic E-state index is 12.2. The van der Waals surface area contributed by atoms with Gasteiger partial charge in [-0.05, 0) is 35.9 Å². The van der Waals surface area contributed by atoms with Gasteiger partial charge in [0, 0.05) is 30.8 Å². The first-order valence-electron chi connectivity index (χ1n) is 8.71. The molecule has 1 aliphatic heterocycles. The highest BCUT2D eigenvalue weighted by Crippen LogP contribution is 2.34. The fourth-order valence-electron chi connectivity index (χ4n) is 2.95. The van der Waals surface area contributed by atoms with Crippen LogP contribution < -0.4 is 20.3 Å². The highest BCUT2D eigenvalue weighted by Gasteiger charge is 2.19. The highest BCUT2D eigenvalue weighted by molar-refractivity contribution is 5.90. The summed E-state index contributed by atoms with van der Waals surface area (Å²) in [6.07, 6.45) is 6.95. The van der Waals surface area contributed by atoms with Crippen molar-refractivity contribution < 1.29 is 9.53 Å². The number of aromatic nitrogens is 3. The second-order valence-electron chi connectivity index (χ2n) is 6.18. The molecular formula is C19H20N6O2. The minimum absolute atomic E-state index is 0.262. The number of hydrogen-bond acceptors (Lipinski definition) is 5. The van der Waals surface area contributed by atoms with E-state index in [2.05, 4.69) is 30.5 Å². The topological polar surface area (TPSA) is 95.2 Å². The number of carbonyl (C=O) groups excluding carboxylic acids is 1. The Balaban J connectivity index is 1.42. The molecule has 0 unspecified atom stereocenters. The van der Waals surface area contributed by atoms with Crippen molar-refractivity contribution in [3.63, 3.8) is 0 Å².